The molecule has 0 radical (unpaired) electrons. The average Bonchev–Trinajstić information content (AvgIpc) is 3.16. The first kappa shape index (κ1) is 18.3. The van der Waals surface area contributed by atoms with Crippen molar-refractivity contribution in [3.05, 3.63) is 91.6 Å². The van der Waals surface area contributed by atoms with Crippen LogP contribution in [0.15, 0.2) is 54.6 Å². The average molecular weight is 411 g/mol. The van der Waals surface area contributed by atoms with E-state index in [1.165, 1.54) is 18.2 Å². The highest BCUT2D eigenvalue weighted by molar-refractivity contribution is 7.18. The first-order chi connectivity index (χ1) is 13.5. The van der Waals surface area contributed by atoms with Crippen LogP contribution in [0.25, 0.3) is 0 Å². The van der Waals surface area contributed by atoms with Crippen molar-refractivity contribution in [3.8, 4) is 0 Å². The van der Waals surface area contributed by atoms with E-state index in [2.05, 4.69) is 0 Å². The van der Waals surface area contributed by atoms with Crippen LogP contribution in [-0.2, 0) is 4.74 Å². The lowest BCUT2D eigenvalue weighted by Gasteiger charge is -2.19. The normalized spacial score (nSPS) is 12.3. The Balaban J connectivity index is 1.63. The predicted molar refractivity (Wildman–Crippen MR) is 104 cm³/mol. The highest BCUT2D eigenvalue weighted by atomic mass is 35.5. The van der Waals surface area contributed by atoms with Crippen molar-refractivity contribution in [1.29, 1.82) is 0 Å². The molecule has 3 aromatic rings. The fourth-order valence-corrected chi connectivity index (χ4v) is 4.03. The maximum atomic E-state index is 12.9. The smallest absolute Gasteiger partial charge is 0.339 e. The Bertz CT molecular complexity index is 1160. The molecule has 0 bridgehead atoms. The number of esters is 1. The molecule has 1 aromatic heterocycles. The summed E-state index contributed by atoms with van der Waals surface area (Å²) in [5.41, 5.74) is 0.652. The predicted octanol–water partition coefficient (Wildman–Crippen LogP) is 4.22. The van der Waals surface area contributed by atoms with Gasteiger partial charge in [-0.15, -0.1) is 11.3 Å². The van der Waals surface area contributed by atoms with E-state index in [4.69, 9.17) is 16.3 Å². The second-order valence-electron chi connectivity index (χ2n) is 6.04. The molecule has 138 valence electrons. The van der Waals surface area contributed by atoms with Gasteiger partial charge >= 0.3 is 5.97 Å². The number of hydrogen-bond acceptors (Lipinski definition) is 6. The zero-order valence-electron chi connectivity index (χ0n) is 14.2. The van der Waals surface area contributed by atoms with Gasteiger partial charge in [0.2, 0.25) is 5.78 Å². The molecular weight excluding hydrogens is 400 g/mol. The van der Waals surface area contributed by atoms with Gasteiger partial charge in [-0.3, -0.25) is 14.4 Å². The number of hydrogen-bond donors (Lipinski definition) is 0. The van der Waals surface area contributed by atoms with E-state index in [-0.39, 0.29) is 28.0 Å². The van der Waals surface area contributed by atoms with Crippen molar-refractivity contribution >= 4 is 46.3 Å². The van der Waals surface area contributed by atoms with Crippen LogP contribution in [0.4, 0.5) is 0 Å². The van der Waals surface area contributed by atoms with Crippen molar-refractivity contribution in [2.75, 3.05) is 6.61 Å². The Morgan fingerprint density at radius 1 is 0.857 bits per heavy atom. The minimum absolute atomic E-state index is 0.00261. The van der Waals surface area contributed by atoms with E-state index in [0.29, 0.717) is 14.8 Å². The first-order valence-electron chi connectivity index (χ1n) is 8.24. The summed E-state index contributed by atoms with van der Waals surface area (Å²) >= 11 is 6.89. The third-order valence-electron chi connectivity index (χ3n) is 4.35. The highest BCUT2D eigenvalue weighted by Crippen LogP contribution is 2.30. The number of ketones is 3. The quantitative estimate of drug-likeness (QED) is 0.372. The zero-order valence-corrected chi connectivity index (χ0v) is 15.8. The molecule has 0 unspecified atom stereocenters. The fraction of sp³-hybridized carbons (Fsp3) is 0.0476. The fourth-order valence-electron chi connectivity index (χ4n) is 3.06. The van der Waals surface area contributed by atoms with Gasteiger partial charge in [-0.2, -0.15) is 0 Å². The number of rotatable bonds is 4. The summed E-state index contributed by atoms with van der Waals surface area (Å²) in [5, 5.41) is 0. The van der Waals surface area contributed by atoms with E-state index >= 15 is 0 Å². The molecule has 1 heterocycles. The van der Waals surface area contributed by atoms with Gasteiger partial charge in [-0.1, -0.05) is 48.0 Å². The topological polar surface area (TPSA) is 77.5 Å². The molecule has 5 nitrogen and oxygen atoms in total. The van der Waals surface area contributed by atoms with E-state index in [1.54, 1.807) is 36.4 Å². The van der Waals surface area contributed by atoms with E-state index < -0.39 is 24.1 Å². The van der Waals surface area contributed by atoms with Crippen molar-refractivity contribution in [2.24, 2.45) is 0 Å². The number of ether oxygens (including phenoxy) is 1. The minimum Gasteiger partial charge on any atom is -0.454 e. The van der Waals surface area contributed by atoms with Gasteiger partial charge in [0, 0.05) is 22.3 Å². The Labute approximate surface area is 168 Å². The van der Waals surface area contributed by atoms with E-state index in [0.717, 1.165) is 11.3 Å². The van der Waals surface area contributed by atoms with Gasteiger partial charge < -0.3 is 4.74 Å². The van der Waals surface area contributed by atoms with Crippen LogP contribution in [0.3, 0.4) is 0 Å². The molecule has 2 aromatic carbocycles. The number of carbonyl (C=O) groups is 4. The van der Waals surface area contributed by atoms with Crippen molar-refractivity contribution in [2.45, 2.75) is 0 Å². The Hall–Kier alpha value is -3.09. The number of carbonyl (C=O) groups excluding carboxylic acids is 4. The maximum absolute atomic E-state index is 12.9. The number of Topliss-reactive ketones (excluding diaryl/α,β-unsaturated/α-hetero) is 1. The van der Waals surface area contributed by atoms with Crippen LogP contribution in [0, 0.1) is 0 Å². The molecule has 1 aliphatic carbocycles. The van der Waals surface area contributed by atoms with E-state index in [9.17, 15) is 19.2 Å². The number of fused-ring (bicyclic) bond motifs is 2. The van der Waals surface area contributed by atoms with Crippen LogP contribution in [-0.4, -0.2) is 29.9 Å². The van der Waals surface area contributed by atoms with Crippen LogP contribution in [0.5, 0.6) is 0 Å². The molecule has 0 atom stereocenters. The van der Waals surface area contributed by atoms with Crippen molar-refractivity contribution in [3.63, 3.8) is 0 Å². The highest BCUT2D eigenvalue weighted by Gasteiger charge is 2.33. The molecule has 7 heteroatoms. The third kappa shape index (κ3) is 3.06. The minimum atomic E-state index is -0.839. The van der Waals surface area contributed by atoms with Crippen molar-refractivity contribution < 1.29 is 23.9 Å². The summed E-state index contributed by atoms with van der Waals surface area (Å²) < 4.78 is 5.56. The van der Waals surface area contributed by atoms with Gasteiger partial charge in [0.1, 0.15) is 0 Å². The molecule has 1 aliphatic rings. The third-order valence-corrected chi connectivity index (χ3v) is 5.63. The molecule has 0 spiro atoms. The molecule has 28 heavy (non-hydrogen) atoms. The number of benzene rings is 2. The van der Waals surface area contributed by atoms with Gasteiger partial charge in [-0.05, 0) is 18.2 Å². The van der Waals surface area contributed by atoms with E-state index in [1.807, 2.05) is 0 Å². The van der Waals surface area contributed by atoms with Crippen LogP contribution in [0.1, 0.15) is 51.9 Å². The van der Waals surface area contributed by atoms with Crippen LogP contribution in [0.2, 0.25) is 4.34 Å². The Morgan fingerprint density at radius 3 is 2.21 bits per heavy atom. The molecule has 0 saturated heterocycles. The molecule has 0 fully saturated rings. The van der Waals surface area contributed by atoms with Gasteiger partial charge in [0.05, 0.1) is 14.8 Å². The van der Waals surface area contributed by atoms with Gasteiger partial charge in [0.25, 0.3) is 0 Å². The molecule has 0 N–H and O–H groups in total. The summed E-state index contributed by atoms with van der Waals surface area (Å²) in [6.45, 7) is -0.488. The second-order valence-corrected chi connectivity index (χ2v) is 7.75. The molecule has 0 saturated carbocycles. The van der Waals surface area contributed by atoms with Crippen LogP contribution < -0.4 is 0 Å². The Morgan fingerprint density at radius 2 is 1.54 bits per heavy atom. The molecule has 0 aliphatic heterocycles. The lowest BCUT2D eigenvalue weighted by molar-refractivity contribution is 0.0474. The first-order valence-corrected chi connectivity index (χ1v) is 9.44. The lowest BCUT2D eigenvalue weighted by Crippen LogP contribution is -2.25. The maximum Gasteiger partial charge on any atom is 0.339 e. The summed E-state index contributed by atoms with van der Waals surface area (Å²) in [6, 6.07) is 14.0. The molecule has 4 rings (SSSR count). The largest absolute Gasteiger partial charge is 0.454 e. The number of halogens is 1. The summed E-state index contributed by atoms with van der Waals surface area (Å²) in [5.74, 6) is -1.99. The van der Waals surface area contributed by atoms with Crippen LogP contribution >= 0.6 is 22.9 Å². The SMILES string of the molecule is O=C(COC(=O)c1cccc2c1C(=O)c1ccccc1C2=O)c1ccc(Cl)s1. The zero-order chi connectivity index (χ0) is 19.8. The summed E-state index contributed by atoms with van der Waals surface area (Å²) in [6.07, 6.45) is 0. The molecular formula is C21H11ClO5S. The standard InChI is InChI=1S/C21H11ClO5S/c22-17-9-8-16(28-17)15(23)10-27-21(26)14-7-3-6-13-18(14)20(25)12-5-2-1-4-11(12)19(13)24/h1-9H,10H2. The van der Waals surface area contributed by atoms with Gasteiger partial charge in [0.15, 0.2) is 18.2 Å². The summed E-state index contributed by atoms with van der Waals surface area (Å²) in [7, 11) is 0. The number of thiophene rings is 1. The monoisotopic (exact) mass is 410 g/mol. The Kier molecular flexibility index (Phi) is 4.66. The summed E-state index contributed by atoms with van der Waals surface area (Å²) in [4.78, 5) is 50.7. The molecule has 0 amide bonds. The van der Waals surface area contributed by atoms with Gasteiger partial charge in [-0.25, -0.2) is 4.79 Å². The van der Waals surface area contributed by atoms with Crippen molar-refractivity contribution in [1.82, 2.24) is 0 Å². The lowest BCUT2D eigenvalue weighted by atomic mass is 9.82. The second kappa shape index (κ2) is 7.14.